The number of rotatable bonds is 5. The van der Waals surface area contributed by atoms with Crippen LogP contribution in [0.2, 0.25) is 0 Å². The van der Waals surface area contributed by atoms with Crippen molar-refractivity contribution >= 4 is 35.8 Å². The van der Waals surface area contributed by atoms with Crippen molar-refractivity contribution in [1.29, 1.82) is 0 Å². The van der Waals surface area contributed by atoms with Crippen molar-refractivity contribution in [2.75, 3.05) is 60.1 Å². The van der Waals surface area contributed by atoms with Crippen LogP contribution in [0.15, 0.2) is 48.5 Å². The monoisotopic (exact) mass is 720 g/mol. The van der Waals surface area contributed by atoms with E-state index < -0.39 is 29.8 Å². The highest BCUT2D eigenvalue weighted by Gasteiger charge is 2.27. The summed E-state index contributed by atoms with van der Waals surface area (Å²) in [6.45, 7) is 3.15. The van der Waals surface area contributed by atoms with Crippen molar-refractivity contribution in [3.05, 3.63) is 69.8 Å². The van der Waals surface area contributed by atoms with E-state index >= 15 is 0 Å². The number of hydrogen-bond donors (Lipinski definition) is 1. The second-order valence-electron chi connectivity index (χ2n) is 11.7. The van der Waals surface area contributed by atoms with Gasteiger partial charge in [-0.3, -0.25) is 29.3 Å². The van der Waals surface area contributed by atoms with Crippen LogP contribution in [0.1, 0.15) is 46.4 Å². The molecule has 50 heavy (non-hydrogen) atoms. The number of nitrogens with zero attached hydrogens (tertiary/aromatic N) is 5. The summed E-state index contributed by atoms with van der Waals surface area (Å²) >= 11 is 0. The zero-order chi connectivity index (χ0) is 38.2. The molecule has 12 nitrogen and oxygen atoms in total. The predicted octanol–water partition coefficient (Wildman–Crippen LogP) is 4.69. The summed E-state index contributed by atoms with van der Waals surface area (Å²) in [5.41, 5.74) is 7.57. The SMILES string of the molecule is CN(C)C1CCN(C(=O)c2ccc(N)cc2)CC1.CN(C)C1CCN(C(=O)c2ccc([N+](=O)[O-])cc2)CC1.O=CC(F)(F)F.O=CC(F)(F)F. The number of anilines is 1. The van der Waals surface area contributed by atoms with E-state index in [2.05, 4.69) is 38.0 Å². The van der Waals surface area contributed by atoms with E-state index in [0.717, 1.165) is 57.4 Å². The summed E-state index contributed by atoms with van der Waals surface area (Å²) in [5.74, 6) is 0.0734. The number of nitro benzene ring substituents is 1. The molecule has 2 aromatic carbocycles. The van der Waals surface area contributed by atoms with Crippen LogP contribution in [-0.2, 0) is 9.59 Å². The maximum Gasteiger partial charge on any atom is 0.446 e. The third kappa shape index (κ3) is 16.2. The Hall–Kier alpha value is -4.58. The number of nitrogens with two attached hydrogens (primary N) is 1. The number of aldehydes is 2. The highest BCUT2D eigenvalue weighted by atomic mass is 19.4. The van der Waals surface area contributed by atoms with Gasteiger partial charge in [-0.15, -0.1) is 0 Å². The number of nitro groups is 1. The number of benzene rings is 2. The molecule has 2 fully saturated rings. The molecular formula is C32H42F6N6O6. The number of alkyl halides is 6. The average Bonchev–Trinajstić information content (AvgIpc) is 3.08. The van der Waals surface area contributed by atoms with Gasteiger partial charge in [0.05, 0.1) is 4.92 Å². The number of nitrogen functional groups attached to an aromatic ring is 1. The van der Waals surface area contributed by atoms with E-state index in [4.69, 9.17) is 15.3 Å². The number of piperidine rings is 2. The Morgan fingerprint density at radius 1 is 0.700 bits per heavy atom. The first-order valence-electron chi connectivity index (χ1n) is 15.3. The number of hydrogen-bond acceptors (Lipinski definition) is 9. The highest BCUT2D eigenvalue weighted by Crippen LogP contribution is 2.19. The standard InChI is InChI=1S/C14H19N3O3.C14H21N3O.2C2HF3O/c1-15(2)12-7-9-16(10-8-12)14(18)11-3-5-13(6-4-11)17(19)20;1-16(2)13-7-9-17(10-8-13)14(18)11-3-5-12(15)6-4-11;2*3-2(4,5)1-6/h3-6,12H,7-10H2,1-2H3;3-6,13H,7-10,15H2,1-2H3;2*1H. The molecule has 0 spiro atoms. The molecule has 18 heteroatoms. The first kappa shape index (κ1) is 43.4. The fraction of sp³-hybridized carbons (Fsp3) is 0.500. The Bertz CT molecular complexity index is 1350. The lowest BCUT2D eigenvalue weighted by molar-refractivity contribution is -0.384. The van der Waals surface area contributed by atoms with E-state index in [1.165, 1.54) is 24.3 Å². The molecule has 2 aliphatic heterocycles. The van der Waals surface area contributed by atoms with E-state index in [-0.39, 0.29) is 17.5 Å². The van der Waals surface area contributed by atoms with Crippen LogP contribution in [0.25, 0.3) is 0 Å². The molecule has 2 N–H and O–H groups in total. The quantitative estimate of drug-likeness (QED) is 0.153. The van der Waals surface area contributed by atoms with Gasteiger partial charge in [0.2, 0.25) is 12.6 Å². The lowest BCUT2D eigenvalue weighted by atomic mass is 10.0. The molecule has 2 saturated heterocycles. The molecule has 0 saturated carbocycles. The van der Waals surface area contributed by atoms with Gasteiger partial charge in [-0.2, -0.15) is 26.3 Å². The first-order valence-corrected chi connectivity index (χ1v) is 15.3. The summed E-state index contributed by atoms with van der Waals surface area (Å²) in [6, 6.07) is 14.1. The van der Waals surface area contributed by atoms with Crippen LogP contribution >= 0.6 is 0 Å². The third-order valence-corrected chi connectivity index (χ3v) is 7.71. The van der Waals surface area contributed by atoms with Crippen molar-refractivity contribution in [3.8, 4) is 0 Å². The van der Waals surface area contributed by atoms with Crippen molar-refractivity contribution in [2.45, 2.75) is 50.1 Å². The number of likely N-dealkylation sites (tertiary alicyclic amines) is 2. The molecule has 2 aromatic rings. The lowest BCUT2D eigenvalue weighted by Gasteiger charge is -2.35. The Kier molecular flexibility index (Phi) is 17.5. The van der Waals surface area contributed by atoms with Gasteiger partial charge in [-0.25, -0.2) is 0 Å². The third-order valence-electron chi connectivity index (χ3n) is 7.71. The zero-order valence-corrected chi connectivity index (χ0v) is 28.1. The van der Waals surface area contributed by atoms with Gasteiger partial charge in [0, 0.05) is 67.2 Å². The maximum atomic E-state index is 12.3. The Labute approximate surface area is 285 Å². The van der Waals surface area contributed by atoms with Gasteiger partial charge < -0.3 is 25.3 Å². The van der Waals surface area contributed by atoms with Gasteiger partial charge in [-0.1, -0.05) is 0 Å². The maximum absolute atomic E-state index is 12.3. The fourth-order valence-corrected chi connectivity index (χ4v) is 4.89. The van der Waals surface area contributed by atoms with Crippen LogP contribution < -0.4 is 5.73 Å². The van der Waals surface area contributed by atoms with E-state index in [1.807, 2.05) is 9.80 Å². The number of carbonyl (C=O) groups excluding carboxylic acids is 4. The van der Waals surface area contributed by atoms with Crippen molar-refractivity contribution in [2.24, 2.45) is 0 Å². The molecule has 0 unspecified atom stereocenters. The Balaban J connectivity index is 0.000000380. The van der Waals surface area contributed by atoms with Gasteiger partial charge in [0.25, 0.3) is 17.5 Å². The molecule has 2 aliphatic rings. The summed E-state index contributed by atoms with van der Waals surface area (Å²) in [4.78, 5) is 60.3. The average molecular weight is 721 g/mol. The minimum atomic E-state index is -4.64. The van der Waals surface area contributed by atoms with Gasteiger partial charge in [-0.05, 0) is 90.3 Å². The molecular weight excluding hydrogens is 678 g/mol. The molecule has 0 radical (unpaired) electrons. The molecule has 278 valence electrons. The molecule has 0 aromatic heterocycles. The van der Waals surface area contributed by atoms with Gasteiger partial charge in [0.1, 0.15) is 0 Å². The van der Waals surface area contributed by atoms with Crippen molar-refractivity contribution in [1.82, 2.24) is 19.6 Å². The number of non-ortho nitro benzene ring substituents is 1. The summed E-state index contributed by atoms with van der Waals surface area (Å²) in [6.07, 6.45) is -7.38. The predicted molar refractivity (Wildman–Crippen MR) is 173 cm³/mol. The van der Waals surface area contributed by atoms with Crippen LogP contribution in [0.3, 0.4) is 0 Å². The largest absolute Gasteiger partial charge is 0.446 e. The van der Waals surface area contributed by atoms with Crippen LogP contribution in [0.4, 0.5) is 37.7 Å². The molecule has 0 aliphatic carbocycles. The summed E-state index contributed by atoms with van der Waals surface area (Å²) in [5, 5.41) is 10.6. The van der Waals surface area contributed by atoms with Crippen LogP contribution in [0.5, 0.6) is 0 Å². The molecule has 0 bridgehead atoms. The summed E-state index contributed by atoms with van der Waals surface area (Å²) in [7, 11) is 8.31. The normalized spacial score (nSPS) is 15.4. The minimum absolute atomic E-state index is 0.00728. The number of carbonyl (C=O) groups is 4. The van der Waals surface area contributed by atoms with Gasteiger partial charge in [0.15, 0.2) is 0 Å². The fourth-order valence-electron chi connectivity index (χ4n) is 4.89. The minimum Gasteiger partial charge on any atom is -0.399 e. The lowest BCUT2D eigenvalue weighted by Crippen LogP contribution is -2.44. The highest BCUT2D eigenvalue weighted by molar-refractivity contribution is 5.95. The van der Waals surface area contributed by atoms with E-state index in [1.54, 1.807) is 24.3 Å². The molecule has 4 rings (SSSR count). The topological polar surface area (TPSA) is 150 Å². The van der Waals surface area contributed by atoms with Crippen molar-refractivity contribution < 1.29 is 50.4 Å². The van der Waals surface area contributed by atoms with E-state index in [9.17, 15) is 46.0 Å². The number of halogens is 6. The first-order chi connectivity index (χ1) is 23.2. The Morgan fingerprint density at radius 3 is 1.22 bits per heavy atom. The second-order valence-corrected chi connectivity index (χ2v) is 11.7. The molecule has 0 atom stereocenters. The van der Waals surface area contributed by atoms with Crippen LogP contribution in [-0.4, -0.2) is 128 Å². The molecule has 2 amide bonds. The zero-order valence-electron chi connectivity index (χ0n) is 28.1. The van der Waals surface area contributed by atoms with E-state index in [0.29, 0.717) is 23.3 Å². The van der Waals surface area contributed by atoms with Crippen LogP contribution in [0, 0.1) is 10.1 Å². The van der Waals surface area contributed by atoms with Gasteiger partial charge >= 0.3 is 12.4 Å². The Morgan fingerprint density at radius 2 is 0.980 bits per heavy atom. The summed E-state index contributed by atoms with van der Waals surface area (Å²) < 4.78 is 62.5. The number of amides is 2. The second kappa shape index (κ2) is 20.2. The molecule has 2 heterocycles. The van der Waals surface area contributed by atoms with Crippen molar-refractivity contribution in [3.63, 3.8) is 0 Å². The smallest absolute Gasteiger partial charge is 0.399 e.